The predicted molar refractivity (Wildman–Crippen MR) is 101 cm³/mol. The monoisotopic (exact) mass is 372 g/mol. The summed E-state index contributed by atoms with van der Waals surface area (Å²) in [5.41, 5.74) is 2.01. The number of amides is 2. The molecular weight excluding hydrogens is 344 g/mol. The summed E-state index contributed by atoms with van der Waals surface area (Å²) in [7, 11) is 3.28. The van der Waals surface area contributed by atoms with Gasteiger partial charge in [0.15, 0.2) is 11.5 Å². The average molecular weight is 372 g/mol. The second-order valence-electron chi connectivity index (χ2n) is 8.06. The van der Waals surface area contributed by atoms with E-state index in [4.69, 9.17) is 9.47 Å². The molecule has 6 nitrogen and oxygen atoms in total. The number of likely N-dealkylation sites (tertiary alicyclic amines) is 1. The van der Waals surface area contributed by atoms with E-state index in [0.717, 1.165) is 44.4 Å². The average Bonchev–Trinajstić information content (AvgIpc) is 2.91. The van der Waals surface area contributed by atoms with Gasteiger partial charge in [-0.2, -0.15) is 0 Å². The van der Waals surface area contributed by atoms with Gasteiger partial charge < -0.3 is 9.47 Å². The Bertz CT molecular complexity index is 755. The molecule has 1 saturated heterocycles. The van der Waals surface area contributed by atoms with E-state index >= 15 is 0 Å². The zero-order valence-electron chi connectivity index (χ0n) is 16.3. The number of hydrogen-bond donors (Lipinski definition) is 0. The summed E-state index contributed by atoms with van der Waals surface area (Å²) in [4.78, 5) is 29.3. The van der Waals surface area contributed by atoms with Crippen LogP contribution in [-0.2, 0) is 22.6 Å². The van der Waals surface area contributed by atoms with Crippen molar-refractivity contribution >= 4 is 11.8 Å². The lowest BCUT2D eigenvalue weighted by Gasteiger charge is -2.34. The summed E-state index contributed by atoms with van der Waals surface area (Å²) in [5.74, 6) is 1.52. The molecular formula is C21H28N2O4. The Morgan fingerprint density at radius 2 is 1.67 bits per heavy atom. The van der Waals surface area contributed by atoms with Gasteiger partial charge in [0.1, 0.15) is 0 Å². The van der Waals surface area contributed by atoms with Crippen molar-refractivity contribution in [2.45, 2.75) is 51.5 Å². The highest BCUT2D eigenvalue weighted by atomic mass is 16.5. The van der Waals surface area contributed by atoms with Gasteiger partial charge in [-0.25, -0.2) is 0 Å². The lowest BCUT2D eigenvalue weighted by atomic mass is 9.73. The fourth-order valence-electron chi connectivity index (χ4n) is 4.88. The van der Waals surface area contributed by atoms with Crippen LogP contribution in [0, 0.1) is 5.41 Å². The number of ether oxygens (including phenoxy) is 2. The maximum Gasteiger partial charge on any atom is 0.237 e. The van der Waals surface area contributed by atoms with Gasteiger partial charge in [0.05, 0.1) is 26.3 Å². The molecule has 2 aliphatic heterocycles. The van der Waals surface area contributed by atoms with Crippen molar-refractivity contribution in [3.05, 3.63) is 23.3 Å². The van der Waals surface area contributed by atoms with Crippen molar-refractivity contribution < 1.29 is 19.1 Å². The Hall–Kier alpha value is -2.08. The van der Waals surface area contributed by atoms with E-state index in [1.165, 1.54) is 22.4 Å². The van der Waals surface area contributed by atoms with Gasteiger partial charge in [-0.1, -0.05) is 19.3 Å². The Balaban J connectivity index is 1.48. The largest absolute Gasteiger partial charge is 0.493 e. The molecule has 2 heterocycles. The fraction of sp³-hybridized carbons (Fsp3) is 0.619. The third-order valence-corrected chi connectivity index (χ3v) is 6.44. The Labute approximate surface area is 160 Å². The zero-order chi connectivity index (χ0) is 19.0. The van der Waals surface area contributed by atoms with Crippen molar-refractivity contribution in [1.29, 1.82) is 0 Å². The molecule has 0 N–H and O–H groups in total. The normalized spacial score (nSPS) is 22.2. The Kier molecular flexibility index (Phi) is 4.84. The molecule has 0 unspecified atom stereocenters. The first-order chi connectivity index (χ1) is 13.1. The van der Waals surface area contributed by atoms with Gasteiger partial charge in [0.25, 0.3) is 0 Å². The third-order valence-electron chi connectivity index (χ3n) is 6.44. The summed E-state index contributed by atoms with van der Waals surface area (Å²) >= 11 is 0. The summed E-state index contributed by atoms with van der Waals surface area (Å²) in [6.07, 6.45) is 6.31. The van der Waals surface area contributed by atoms with Gasteiger partial charge in [0.2, 0.25) is 11.8 Å². The number of methoxy groups -OCH3 is 2. The van der Waals surface area contributed by atoms with Crippen LogP contribution in [0.5, 0.6) is 11.5 Å². The highest BCUT2D eigenvalue weighted by Crippen LogP contribution is 2.45. The van der Waals surface area contributed by atoms with E-state index in [0.29, 0.717) is 25.4 Å². The smallest absolute Gasteiger partial charge is 0.237 e. The molecule has 1 aromatic rings. The number of carbonyl (C=O) groups is 2. The molecule has 4 rings (SSSR count). The van der Waals surface area contributed by atoms with Crippen LogP contribution in [0.15, 0.2) is 12.1 Å². The van der Waals surface area contributed by atoms with Crippen LogP contribution in [0.4, 0.5) is 0 Å². The first-order valence-electron chi connectivity index (χ1n) is 9.87. The van der Waals surface area contributed by atoms with Gasteiger partial charge in [-0.3, -0.25) is 19.4 Å². The van der Waals surface area contributed by atoms with E-state index < -0.39 is 5.41 Å². The molecule has 3 aliphatic rings. The van der Waals surface area contributed by atoms with Crippen molar-refractivity contribution in [3.8, 4) is 11.5 Å². The van der Waals surface area contributed by atoms with Crippen LogP contribution in [0.1, 0.15) is 49.7 Å². The minimum atomic E-state index is -0.403. The molecule has 6 heteroatoms. The lowest BCUT2D eigenvalue weighted by molar-refractivity contribution is -0.144. The highest BCUT2D eigenvalue weighted by molar-refractivity contribution is 6.05. The number of fused-ring (bicyclic) bond motifs is 1. The molecule has 0 atom stereocenters. The number of nitrogens with zero attached hydrogens (tertiary/aromatic N) is 2. The SMILES string of the molecule is COc1cc2c(cc1OC)CN(CN1C(=O)CC3(CCCCC3)C1=O)CC2. The molecule has 0 aromatic heterocycles. The summed E-state index contributed by atoms with van der Waals surface area (Å²) in [5, 5.41) is 0. The molecule has 0 bridgehead atoms. The second-order valence-corrected chi connectivity index (χ2v) is 8.06. The lowest BCUT2D eigenvalue weighted by Crippen LogP contribution is -2.45. The second kappa shape index (κ2) is 7.15. The number of rotatable bonds is 4. The van der Waals surface area contributed by atoms with Crippen LogP contribution in [0.25, 0.3) is 0 Å². The molecule has 2 amide bonds. The van der Waals surface area contributed by atoms with Crippen molar-refractivity contribution in [2.24, 2.45) is 5.41 Å². The van der Waals surface area contributed by atoms with E-state index in [1.54, 1.807) is 14.2 Å². The first kappa shape index (κ1) is 18.3. The minimum Gasteiger partial charge on any atom is -0.493 e. The molecule has 1 saturated carbocycles. The fourth-order valence-corrected chi connectivity index (χ4v) is 4.88. The van der Waals surface area contributed by atoms with Crippen LogP contribution in [0.3, 0.4) is 0 Å². The Morgan fingerprint density at radius 3 is 2.33 bits per heavy atom. The maximum atomic E-state index is 13.0. The highest BCUT2D eigenvalue weighted by Gasteiger charge is 2.51. The summed E-state index contributed by atoms with van der Waals surface area (Å²) < 4.78 is 10.8. The van der Waals surface area contributed by atoms with Gasteiger partial charge in [-0.15, -0.1) is 0 Å². The molecule has 1 aliphatic carbocycles. The van der Waals surface area contributed by atoms with Crippen molar-refractivity contribution in [3.63, 3.8) is 0 Å². The minimum absolute atomic E-state index is 0.00000779. The van der Waals surface area contributed by atoms with Crippen LogP contribution in [0.2, 0.25) is 0 Å². The molecule has 1 spiro atoms. The number of hydrogen-bond acceptors (Lipinski definition) is 5. The van der Waals surface area contributed by atoms with E-state index in [-0.39, 0.29) is 11.8 Å². The van der Waals surface area contributed by atoms with Gasteiger partial charge >= 0.3 is 0 Å². The standard InChI is InChI=1S/C21H28N2O4/c1-26-17-10-15-6-9-22(13-16(15)11-18(17)27-2)14-23-19(24)12-21(20(23)25)7-4-3-5-8-21/h10-11H,3-9,12-14H2,1-2H3. The van der Waals surface area contributed by atoms with E-state index in [2.05, 4.69) is 4.90 Å². The summed E-state index contributed by atoms with van der Waals surface area (Å²) in [6.45, 7) is 1.93. The molecule has 2 fully saturated rings. The maximum absolute atomic E-state index is 13.0. The van der Waals surface area contributed by atoms with Crippen LogP contribution in [-0.4, -0.2) is 49.0 Å². The summed E-state index contributed by atoms with van der Waals surface area (Å²) in [6, 6.07) is 4.05. The number of imide groups is 1. The van der Waals surface area contributed by atoms with Gasteiger partial charge in [-0.05, 0) is 42.5 Å². The quantitative estimate of drug-likeness (QED) is 0.761. The van der Waals surface area contributed by atoms with E-state index in [9.17, 15) is 9.59 Å². The Morgan fingerprint density at radius 1 is 1.00 bits per heavy atom. The number of benzene rings is 1. The molecule has 27 heavy (non-hydrogen) atoms. The van der Waals surface area contributed by atoms with E-state index in [1.807, 2.05) is 12.1 Å². The van der Waals surface area contributed by atoms with Crippen LogP contribution < -0.4 is 9.47 Å². The number of carbonyl (C=O) groups excluding carboxylic acids is 2. The van der Waals surface area contributed by atoms with Crippen molar-refractivity contribution in [2.75, 3.05) is 27.4 Å². The predicted octanol–water partition coefficient (Wildman–Crippen LogP) is 2.73. The van der Waals surface area contributed by atoms with Crippen molar-refractivity contribution in [1.82, 2.24) is 9.80 Å². The molecule has 0 radical (unpaired) electrons. The molecule has 146 valence electrons. The molecule has 1 aromatic carbocycles. The first-order valence-corrected chi connectivity index (χ1v) is 9.87. The topological polar surface area (TPSA) is 59.1 Å². The zero-order valence-corrected chi connectivity index (χ0v) is 16.3. The third kappa shape index (κ3) is 3.20. The van der Waals surface area contributed by atoms with Gasteiger partial charge in [0, 0.05) is 19.5 Å². The van der Waals surface area contributed by atoms with Crippen LogP contribution >= 0.6 is 0 Å².